The zero-order chi connectivity index (χ0) is 20.5. The molecule has 0 aromatic heterocycles. The number of thiocarbonyl (C=S) groups is 1. The van der Waals surface area contributed by atoms with Gasteiger partial charge < -0.3 is 24.8 Å². The predicted molar refractivity (Wildman–Crippen MR) is 114 cm³/mol. The van der Waals surface area contributed by atoms with Crippen molar-refractivity contribution in [2.75, 3.05) is 25.6 Å². The van der Waals surface area contributed by atoms with Gasteiger partial charge in [-0.15, -0.1) is 0 Å². The molecule has 0 bridgehead atoms. The van der Waals surface area contributed by atoms with Crippen molar-refractivity contribution < 1.29 is 19.0 Å². The van der Waals surface area contributed by atoms with Crippen molar-refractivity contribution in [3.63, 3.8) is 0 Å². The monoisotopic (exact) mass is 402 g/mol. The van der Waals surface area contributed by atoms with Crippen LogP contribution in [0.4, 0.5) is 5.69 Å². The Morgan fingerprint density at radius 1 is 1.14 bits per heavy atom. The van der Waals surface area contributed by atoms with E-state index in [2.05, 4.69) is 10.6 Å². The number of ether oxygens (including phenoxy) is 3. The molecule has 0 radical (unpaired) electrons. The molecule has 0 saturated heterocycles. The van der Waals surface area contributed by atoms with E-state index in [4.69, 9.17) is 26.4 Å². The Morgan fingerprint density at radius 2 is 1.86 bits per heavy atom. The molecule has 0 fully saturated rings. The van der Waals surface area contributed by atoms with Crippen LogP contribution in [0.5, 0.6) is 11.5 Å². The maximum atomic E-state index is 12.0. The molecule has 0 aliphatic heterocycles. The summed E-state index contributed by atoms with van der Waals surface area (Å²) in [5.41, 5.74) is 2.05. The van der Waals surface area contributed by atoms with E-state index in [1.54, 1.807) is 26.2 Å². The summed E-state index contributed by atoms with van der Waals surface area (Å²) in [6, 6.07) is 12.8. The standard InChI is InChI=1S/C21H26N2O4S/c1-5-26-20(24)16-9-8-10-17(15(16)3)23-21(28)22-14(2)13-27-19-12-7-6-11-18(19)25-4/h6-12,14H,5,13H2,1-4H3,(H2,22,23,28). The molecule has 150 valence electrons. The topological polar surface area (TPSA) is 68.8 Å². The largest absolute Gasteiger partial charge is 0.493 e. The molecule has 0 aliphatic carbocycles. The molecule has 0 heterocycles. The minimum absolute atomic E-state index is 0.0431. The lowest BCUT2D eigenvalue weighted by Gasteiger charge is -2.19. The molecule has 0 saturated carbocycles. The summed E-state index contributed by atoms with van der Waals surface area (Å²) in [7, 11) is 1.61. The van der Waals surface area contributed by atoms with E-state index in [1.807, 2.05) is 44.2 Å². The molecule has 1 unspecified atom stereocenters. The molecule has 0 spiro atoms. The number of nitrogens with one attached hydrogen (secondary N) is 2. The van der Waals surface area contributed by atoms with E-state index in [-0.39, 0.29) is 12.0 Å². The second kappa shape index (κ2) is 10.5. The molecular formula is C21H26N2O4S. The van der Waals surface area contributed by atoms with Crippen LogP contribution in [0.2, 0.25) is 0 Å². The fraction of sp³-hybridized carbons (Fsp3) is 0.333. The van der Waals surface area contributed by atoms with Gasteiger partial charge in [0.25, 0.3) is 0 Å². The van der Waals surface area contributed by atoms with E-state index in [0.29, 0.717) is 35.4 Å². The van der Waals surface area contributed by atoms with Gasteiger partial charge in [0.2, 0.25) is 0 Å². The minimum atomic E-state index is -0.346. The number of carbonyl (C=O) groups is 1. The molecule has 7 heteroatoms. The van der Waals surface area contributed by atoms with Crippen LogP contribution in [0.25, 0.3) is 0 Å². The average molecular weight is 403 g/mol. The highest BCUT2D eigenvalue weighted by molar-refractivity contribution is 7.80. The number of esters is 1. The second-order valence-electron chi connectivity index (χ2n) is 6.16. The normalized spacial score (nSPS) is 11.3. The summed E-state index contributed by atoms with van der Waals surface area (Å²) in [6.45, 7) is 6.34. The van der Waals surface area contributed by atoms with Crippen LogP contribution >= 0.6 is 12.2 Å². The zero-order valence-electron chi connectivity index (χ0n) is 16.6. The Bertz CT molecular complexity index is 826. The van der Waals surface area contributed by atoms with E-state index in [1.165, 1.54) is 0 Å². The highest BCUT2D eigenvalue weighted by Gasteiger charge is 2.14. The molecular weight excluding hydrogens is 376 g/mol. The van der Waals surface area contributed by atoms with E-state index < -0.39 is 0 Å². The van der Waals surface area contributed by atoms with E-state index in [0.717, 1.165) is 11.3 Å². The van der Waals surface area contributed by atoms with Crippen molar-refractivity contribution >= 4 is 29.0 Å². The number of hydrogen-bond donors (Lipinski definition) is 2. The van der Waals surface area contributed by atoms with Crippen molar-refractivity contribution in [3.8, 4) is 11.5 Å². The van der Waals surface area contributed by atoms with Gasteiger partial charge in [-0.3, -0.25) is 0 Å². The first-order valence-corrected chi connectivity index (χ1v) is 9.47. The Morgan fingerprint density at radius 3 is 2.54 bits per heavy atom. The Hall–Kier alpha value is -2.80. The van der Waals surface area contributed by atoms with Crippen molar-refractivity contribution in [1.82, 2.24) is 5.32 Å². The Kier molecular flexibility index (Phi) is 8.07. The summed E-state index contributed by atoms with van der Waals surface area (Å²) in [5.74, 6) is 1.01. The van der Waals surface area contributed by atoms with Crippen molar-refractivity contribution in [2.45, 2.75) is 26.8 Å². The zero-order valence-corrected chi connectivity index (χ0v) is 17.4. The Labute approximate surface area is 171 Å². The third kappa shape index (κ3) is 5.85. The van der Waals surface area contributed by atoms with Gasteiger partial charge in [-0.1, -0.05) is 18.2 Å². The molecule has 6 nitrogen and oxygen atoms in total. The van der Waals surface area contributed by atoms with Crippen molar-refractivity contribution in [2.24, 2.45) is 0 Å². The van der Waals surface area contributed by atoms with Gasteiger partial charge in [0.1, 0.15) is 6.61 Å². The van der Waals surface area contributed by atoms with Crippen LogP contribution in [-0.2, 0) is 4.74 Å². The van der Waals surface area contributed by atoms with E-state index >= 15 is 0 Å². The molecule has 28 heavy (non-hydrogen) atoms. The van der Waals surface area contributed by atoms with E-state index in [9.17, 15) is 4.79 Å². The lowest BCUT2D eigenvalue weighted by molar-refractivity contribution is 0.0525. The number of benzene rings is 2. The minimum Gasteiger partial charge on any atom is -0.493 e. The number of para-hydroxylation sites is 2. The molecule has 2 N–H and O–H groups in total. The fourth-order valence-electron chi connectivity index (χ4n) is 2.58. The van der Waals surface area contributed by atoms with Crippen molar-refractivity contribution in [3.05, 3.63) is 53.6 Å². The first kappa shape index (κ1) is 21.5. The van der Waals surface area contributed by atoms with Gasteiger partial charge in [0.15, 0.2) is 16.6 Å². The van der Waals surface area contributed by atoms with Gasteiger partial charge in [0.05, 0.1) is 25.3 Å². The number of rotatable bonds is 8. The summed E-state index contributed by atoms with van der Waals surface area (Å²) in [6.07, 6.45) is 0. The van der Waals surface area contributed by atoms with Crippen LogP contribution in [0.3, 0.4) is 0 Å². The Balaban J connectivity index is 1.93. The van der Waals surface area contributed by atoms with Gasteiger partial charge in [-0.25, -0.2) is 4.79 Å². The third-order valence-electron chi connectivity index (χ3n) is 4.01. The lowest BCUT2D eigenvalue weighted by Crippen LogP contribution is -2.39. The number of anilines is 1. The molecule has 2 aromatic carbocycles. The van der Waals surface area contributed by atoms with Crippen LogP contribution < -0.4 is 20.1 Å². The molecule has 0 amide bonds. The molecule has 0 aliphatic rings. The van der Waals surface area contributed by atoms with Crippen LogP contribution in [0.1, 0.15) is 29.8 Å². The summed E-state index contributed by atoms with van der Waals surface area (Å²) in [4.78, 5) is 12.0. The van der Waals surface area contributed by atoms with Crippen molar-refractivity contribution in [1.29, 1.82) is 0 Å². The lowest BCUT2D eigenvalue weighted by atomic mass is 10.1. The first-order valence-electron chi connectivity index (χ1n) is 9.06. The highest BCUT2D eigenvalue weighted by atomic mass is 32.1. The summed E-state index contributed by atoms with van der Waals surface area (Å²) >= 11 is 5.39. The fourth-order valence-corrected chi connectivity index (χ4v) is 2.89. The quantitative estimate of drug-likeness (QED) is 0.512. The van der Waals surface area contributed by atoms with Gasteiger partial charge in [0, 0.05) is 5.69 Å². The summed E-state index contributed by atoms with van der Waals surface area (Å²) in [5, 5.41) is 6.75. The van der Waals surface area contributed by atoms with Crippen LogP contribution in [-0.4, -0.2) is 37.4 Å². The number of carbonyl (C=O) groups excluding carboxylic acids is 1. The van der Waals surface area contributed by atoms with Gasteiger partial charge >= 0.3 is 5.97 Å². The predicted octanol–water partition coefficient (Wildman–Crippen LogP) is 3.93. The summed E-state index contributed by atoms with van der Waals surface area (Å²) < 4.78 is 16.2. The third-order valence-corrected chi connectivity index (χ3v) is 4.23. The number of hydrogen-bond acceptors (Lipinski definition) is 5. The average Bonchev–Trinajstić information content (AvgIpc) is 2.68. The molecule has 2 aromatic rings. The molecule has 1 atom stereocenters. The highest BCUT2D eigenvalue weighted by Crippen LogP contribution is 2.25. The van der Waals surface area contributed by atoms with Crippen LogP contribution in [0.15, 0.2) is 42.5 Å². The molecule has 2 rings (SSSR count). The maximum absolute atomic E-state index is 12.0. The smallest absolute Gasteiger partial charge is 0.338 e. The van der Waals surface area contributed by atoms with Crippen LogP contribution in [0, 0.1) is 6.92 Å². The van der Waals surface area contributed by atoms with Gasteiger partial charge in [-0.2, -0.15) is 0 Å². The first-order chi connectivity index (χ1) is 13.5. The maximum Gasteiger partial charge on any atom is 0.338 e. The number of methoxy groups -OCH3 is 1. The SMILES string of the molecule is CCOC(=O)c1cccc(NC(=S)NC(C)COc2ccccc2OC)c1C. The van der Waals surface area contributed by atoms with Gasteiger partial charge in [-0.05, 0) is 62.8 Å². The second-order valence-corrected chi connectivity index (χ2v) is 6.57.